The van der Waals surface area contributed by atoms with E-state index in [1.807, 2.05) is 13.8 Å². The zero-order valence-electron chi connectivity index (χ0n) is 20.3. The van der Waals surface area contributed by atoms with Gasteiger partial charge in [0.1, 0.15) is 29.5 Å². The molecule has 1 aliphatic heterocycles. The van der Waals surface area contributed by atoms with Gasteiger partial charge in [-0.1, -0.05) is 35.4 Å². The van der Waals surface area contributed by atoms with Gasteiger partial charge in [-0.3, -0.25) is 9.09 Å². The maximum atomic E-state index is 14.4. The van der Waals surface area contributed by atoms with Crippen molar-refractivity contribution in [1.82, 2.24) is 9.55 Å². The predicted octanol–water partition coefficient (Wildman–Crippen LogP) is 2.98. The first kappa shape index (κ1) is 27.7. The summed E-state index contributed by atoms with van der Waals surface area (Å²) in [4.78, 5) is 15.7. The molecule has 3 aromatic rings. The lowest BCUT2D eigenvalue weighted by molar-refractivity contribution is -0.193. The fraction of sp³-hybridized carbons (Fsp3) is 0.333. The van der Waals surface area contributed by atoms with Crippen molar-refractivity contribution >= 4 is 13.6 Å². The molecule has 2 heterocycles. The highest BCUT2D eigenvalue weighted by molar-refractivity contribution is 7.49. The van der Waals surface area contributed by atoms with E-state index in [4.69, 9.17) is 24.0 Å². The second-order valence-electron chi connectivity index (χ2n) is 8.77. The summed E-state index contributed by atoms with van der Waals surface area (Å²) in [5, 5.41) is 21.2. The molecule has 0 bridgehead atoms. The zero-order valence-corrected chi connectivity index (χ0v) is 21.2. The first-order chi connectivity index (χ1) is 17.9. The van der Waals surface area contributed by atoms with E-state index in [1.54, 1.807) is 24.3 Å². The van der Waals surface area contributed by atoms with E-state index in [1.165, 1.54) is 30.3 Å². The summed E-state index contributed by atoms with van der Waals surface area (Å²) in [6, 6.07) is 13.8. The van der Waals surface area contributed by atoms with Gasteiger partial charge < -0.3 is 29.7 Å². The number of aryl methyl sites for hydroxylation is 2. The minimum Gasteiger partial charge on any atom is -0.395 e. The van der Waals surface area contributed by atoms with Gasteiger partial charge in [0.2, 0.25) is 0 Å². The van der Waals surface area contributed by atoms with Crippen molar-refractivity contribution in [3.05, 3.63) is 82.4 Å². The number of anilines is 1. The average molecular weight is 553 g/mol. The van der Waals surface area contributed by atoms with Crippen molar-refractivity contribution in [2.24, 2.45) is 0 Å². The molecule has 14 heteroatoms. The van der Waals surface area contributed by atoms with E-state index in [0.717, 1.165) is 17.3 Å². The van der Waals surface area contributed by atoms with Crippen molar-refractivity contribution in [2.45, 2.75) is 44.3 Å². The van der Waals surface area contributed by atoms with Crippen LogP contribution in [-0.2, 0) is 13.8 Å². The summed E-state index contributed by atoms with van der Waals surface area (Å²) in [6.45, 7) is 2.39. The monoisotopic (exact) mass is 553 g/mol. The Morgan fingerprint density at radius 2 is 1.58 bits per heavy atom. The zero-order chi connectivity index (χ0) is 27.7. The number of nitrogens with zero attached hydrogens (tertiary/aromatic N) is 2. The lowest BCUT2D eigenvalue weighted by Crippen LogP contribution is -2.52. The third-order valence-corrected chi connectivity index (χ3v) is 7.19. The van der Waals surface area contributed by atoms with Gasteiger partial charge in [0.05, 0.1) is 6.61 Å². The summed E-state index contributed by atoms with van der Waals surface area (Å²) in [5.41, 5.74) is 3.27. The van der Waals surface area contributed by atoms with Gasteiger partial charge in [0.25, 0.3) is 6.43 Å². The summed E-state index contributed by atoms with van der Waals surface area (Å²) >= 11 is 0. The molecule has 4 rings (SSSR count). The number of phosphoric acid groups is 1. The average Bonchev–Trinajstić information content (AvgIpc) is 3.12. The Kier molecular flexibility index (Phi) is 7.86. The van der Waals surface area contributed by atoms with Crippen LogP contribution >= 0.6 is 7.82 Å². The van der Waals surface area contributed by atoms with Crippen LogP contribution in [0, 0.1) is 13.8 Å². The normalized spacial score (nSPS) is 23.5. The lowest BCUT2D eigenvalue weighted by Gasteiger charge is -2.31. The molecule has 2 aromatic carbocycles. The number of benzene rings is 2. The lowest BCUT2D eigenvalue weighted by atomic mass is 9.96. The van der Waals surface area contributed by atoms with Crippen LogP contribution in [0.4, 0.5) is 14.6 Å². The summed E-state index contributed by atoms with van der Waals surface area (Å²) < 4.78 is 64.8. The molecule has 0 saturated carbocycles. The van der Waals surface area contributed by atoms with Crippen molar-refractivity contribution in [1.29, 1.82) is 0 Å². The van der Waals surface area contributed by atoms with Gasteiger partial charge in [-0.25, -0.2) is 18.1 Å². The highest BCUT2D eigenvalue weighted by Crippen LogP contribution is 2.52. The van der Waals surface area contributed by atoms with Crippen molar-refractivity contribution in [2.75, 3.05) is 12.3 Å². The number of aliphatic hydroxyl groups excluding tert-OH is 2. The van der Waals surface area contributed by atoms with Crippen LogP contribution < -0.4 is 20.5 Å². The Morgan fingerprint density at radius 3 is 2.05 bits per heavy atom. The van der Waals surface area contributed by atoms with E-state index in [0.29, 0.717) is 4.57 Å². The Labute approximate surface area is 216 Å². The Morgan fingerprint density at radius 1 is 1.05 bits per heavy atom. The van der Waals surface area contributed by atoms with Crippen LogP contribution in [0.25, 0.3) is 0 Å². The standard InChI is InChI=1S/C24H26F2N3O8P/c1-14-3-7-16(8-4-14)36-38(33,37-17-9-5-15(2)6-10-17)34-13-24(22(25)26)20(31)19(30)21(35-24)29-12-11-18(27)28-23(29)32/h3-12,19-22,30-31H,13H2,1-2H3,(H2,27,28,32)/t19-,20-,21-,24-/m1/s1. The molecule has 0 spiro atoms. The third-order valence-electron chi connectivity index (χ3n) is 5.88. The molecular formula is C24H26F2N3O8P. The molecule has 11 nitrogen and oxygen atoms in total. The van der Waals surface area contributed by atoms with Gasteiger partial charge in [-0.2, -0.15) is 4.98 Å². The molecule has 4 N–H and O–H groups in total. The number of nitrogens with two attached hydrogens (primary N) is 1. The molecule has 1 aromatic heterocycles. The summed E-state index contributed by atoms with van der Waals surface area (Å²) in [5.74, 6) is -0.0323. The van der Waals surface area contributed by atoms with Gasteiger partial charge >= 0.3 is 13.5 Å². The highest BCUT2D eigenvalue weighted by atomic mass is 31.2. The third kappa shape index (κ3) is 5.71. The topological polar surface area (TPSA) is 155 Å². The molecule has 0 radical (unpaired) electrons. The van der Waals surface area contributed by atoms with Crippen LogP contribution in [0.3, 0.4) is 0 Å². The van der Waals surface area contributed by atoms with Gasteiger partial charge in [-0.05, 0) is 44.2 Å². The molecule has 38 heavy (non-hydrogen) atoms. The Balaban J connectivity index is 1.64. The number of rotatable bonds is 9. The van der Waals surface area contributed by atoms with Crippen LogP contribution in [-0.4, -0.2) is 50.6 Å². The van der Waals surface area contributed by atoms with E-state index in [-0.39, 0.29) is 17.3 Å². The second kappa shape index (κ2) is 10.8. The van der Waals surface area contributed by atoms with E-state index < -0.39 is 50.6 Å². The summed E-state index contributed by atoms with van der Waals surface area (Å²) in [6.07, 6.45) is -8.46. The SMILES string of the molecule is Cc1ccc(OP(=O)(OC[C@@]2(C(F)F)O[C@@H](n3ccc(N)nc3=O)[C@H](O)[C@H]2O)Oc2ccc(C)cc2)cc1. The minimum absolute atomic E-state index is 0.0578. The van der Waals surface area contributed by atoms with Crippen LogP contribution in [0.15, 0.2) is 65.6 Å². The number of aliphatic hydroxyl groups is 2. The molecule has 4 atom stereocenters. The number of phosphoric ester groups is 1. The van der Waals surface area contributed by atoms with Crippen LogP contribution in [0.5, 0.6) is 11.5 Å². The molecule has 204 valence electrons. The van der Waals surface area contributed by atoms with Gasteiger partial charge in [0.15, 0.2) is 11.8 Å². The van der Waals surface area contributed by atoms with Crippen molar-refractivity contribution in [3.63, 3.8) is 0 Å². The van der Waals surface area contributed by atoms with Crippen LogP contribution in [0.1, 0.15) is 17.4 Å². The molecule has 0 amide bonds. The number of hydrogen-bond acceptors (Lipinski definition) is 10. The quantitative estimate of drug-likeness (QED) is 0.337. The molecule has 1 aliphatic rings. The summed E-state index contributed by atoms with van der Waals surface area (Å²) in [7, 11) is -4.69. The van der Waals surface area contributed by atoms with Gasteiger partial charge in [-0.15, -0.1) is 0 Å². The number of halogens is 2. The predicted molar refractivity (Wildman–Crippen MR) is 131 cm³/mol. The minimum atomic E-state index is -4.69. The van der Waals surface area contributed by atoms with Crippen molar-refractivity contribution < 1.29 is 41.9 Å². The number of alkyl halides is 2. The van der Waals surface area contributed by atoms with E-state index in [2.05, 4.69) is 4.98 Å². The fourth-order valence-corrected chi connectivity index (χ4v) is 4.98. The molecule has 0 aliphatic carbocycles. The smallest absolute Gasteiger partial charge is 0.395 e. The molecule has 0 unspecified atom stereocenters. The van der Waals surface area contributed by atoms with E-state index >= 15 is 0 Å². The molecular weight excluding hydrogens is 527 g/mol. The maximum absolute atomic E-state index is 14.4. The number of ether oxygens (including phenoxy) is 1. The second-order valence-corrected chi connectivity index (χ2v) is 10.3. The Bertz CT molecular complexity index is 1320. The van der Waals surface area contributed by atoms with Crippen LogP contribution in [0.2, 0.25) is 0 Å². The number of nitrogen functional groups attached to an aromatic ring is 1. The first-order valence-corrected chi connectivity index (χ1v) is 12.8. The largest absolute Gasteiger partial charge is 0.587 e. The highest BCUT2D eigenvalue weighted by Gasteiger charge is 2.62. The Hall–Kier alpha value is -3.35. The fourth-order valence-electron chi connectivity index (χ4n) is 3.72. The number of aromatic nitrogens is 2. The van der Waals surface area contributed by atoms with E-state index in [9.17, 15) is 28.4 Å². The molecule has 1 fully saturated rings. The number of hydrogen-bond donors (Lipinski definition) is 3. The van der Waals surface area contributed by atoms with Gasteiger partial charge in [0, 0.05) is 6.20 Å². The maximum Gasteiger partial charge on any atom is 0.587 e. The molecule has 1 saturated heterocycles. The van der Waals surface area contributed by atoms with Crippen molar-refractivity contribution in [3.8, 4) is 11.5 Å². The first-order valence-electron chi connectivity index (χ1n) is 11.4.